The molecule has 0 aliphatic heterocycles. The Labute approximate surface area is 153 Å². The van der Waals surface area contributed by atoms with Gasteiger partial charge in [0.25, 0.3) is 5.91 Å². The second kappa shape index (κ2) is 6.39. The van der Waals surface area contributed by atoms with Crippen LogP contribution in [0.5, 0.6) is 0 Å². The SMILES string of the molecule is O=C(Nc1c(I)cc(I)cc1I)c1cc(Br)c[nH]1. The number of carbonyl (C=O) groups excluding carboxylic acids is 1. The number of H-pyrrole nitrogens is 1. The largest absolute Gasteiger partial charge is 0.356 e. The van der Waals surface area contributed by atoms with E-state index in [0.717, 1.165) is 20.9 Å². The number of hydrogen-bond donors (Lipinski definition) is 2. The molecule has 0 aliphatic carbocycles. The molecule has 0 fully saturated rings. The fourth-order valence-corrected chi connectivity index (χ4v) is 5.54. The van der Waals surface area contributed by atoms with Crippen molar-refractivity contribution >= 4 is 95.3 Å². The lowest BCUT2D eigenvalue weighted by Gasteiger charge is -2.09. The van der Waals surface area contributed by atoms with Crippen LogP contribution in [0.3, 0.4) is 0 Å². The van der Waals surface area contributed by atoms with Crippen molar-refractivity contribution in [3.8, 4) is 0 Å². The van der Waals surface area contributed by atoms with Crippen LogP contribution in [0, 0.1) is 10.7 Å². The highest BCUT2D eigenvalue weighted by Crippen LogP contribution is 2.27. The summed E-state index contributed by atoms with van der Waals surface area (Å²) < 4.78 is 4.08. The smallest absolute Gasteiger partial charge is 0.272 e. The zero-order chi connectivity index (χ0) is 13.3. The van der Waals surface area contributed by atoms with Crippen molar-refractivity contribution < 1.29 is 4.79 Å². The number of rotatable bonds is 2. The molecule has 0 aliphatic rings. The maximum absolute atomic E-state index is 12.0. The Balaban J connectivity index is 2.27. The minimum atomic E-state index is -0.141. The minimum Gasteiger partial charge on any atom is -0.356 e. The first kappa shape index (κ1) is 15.0. The second-order valence-electron chi connectivity index (χ2n) is 3.43. The molecule has 18 heavy (non-hydrogen) atoms. The molecular formula is C11H6BrI3N2O. The van der Waals surface area contributed by atoms with Gasteiger partial charge in [-0.25, -0.2) is 0 Å². The molecule has 0 atom stereocenters. The van der Waals surface area contributed by atoms with Crippen LogP contribution in [0.15, 0.2) is 28.9 Å². The summed E-state index contributed by atoms with van der Waals surface area (Å²) >= 11 is 10.0. The third-order valence-corrected chi connectivity index (χ3v) is 4.92. The first-order valence-corrected chi connectivity index (χ1v) is 8.80. The van der Waals surface area contributed by atoms with E-state index >= 15 is 0 Å². The molecule has 94 valence electrons. The Morgan fingerprint density at radius 1 is 1.17 bits per heavy atom. The number of aromatic amines is 1. The molecule has 0 radical (unpaired) electrons. The van der Waals surface area contributed by atoms with E-state index < -0.39 is 0 Å². The molecule has 1 aromatic carbocycles. The summed E-state index contributed by atoms with van der Waals surface area (Å²) in [5.41, 5.74) is 1.39. The zero-order valence-electron chi connectivity index (χ0n) is 8.73. The molecule has 0 spiro atoms. The van der Waals surface area contributed by atoms with Gasteiger partial charge in [-0.2, -0.15) is 0 Å². The number of halogens is 4. The van der Waals surface area contributed by atoms with Crippen molar-refractivity contribution in [2.24, 2.45) is 0 Å². The molecule has 3 nitrogen and oxygen atoms in total. The van der Waals surface area contributed by atoms with Crippen molar-refractivity contribution in [1.29, 1.82) is 0 Å². The molecule has 0 bridgehead atoms. The number of anilines is 1. The van der Waals surface area contributed by atoms with Gasteiger partial charge in [0.15, 0.2) is 0 Å². The summed E-state index contributed by atoms with van der Waals surface area (Å²) in [7, 11) is 0. The average Bonchev–Trinajstić information content (AvgIpc) is 2.70. The maximum Gasteiger partial charge on any atom is 0.272 e. The molecule has 0 saturated heterocycles. The van der Waals surface area contributed by atoms with E-state index in [4.69, 9.17) is 0 Å². The lowest BCUT2D eigenvalue weighted by atomic mass is 10.3. The van der Waals surface area contributed by atoms with Crippen LogP contribution < -0.4 is 5.32 Å². The van der Waals surface area contributed by atoms with E-state index in [1.165, 1.54) is 0 Å². The van der Waals surface area contributed by atoms with Crippen molar-refractivity contribution in [3.63, 3.8) is 0 Å². The molecule has 2 aromatic rings. The number of benzene rings is 1. The fourth-order valence-electron chi connectivity index (χ4n) is 1.34. The van der Waals surface area contributed by atoms with Gasteiger partial charge in [-0.3, -0.25) is 4.79 Å². The molecule has 1 amide bonds. The van der Waals surface area contributed by atoms with Crippen molar-refractivity contribution in [3.05, 3.63) is 45.3 Å². The van der Waals surface area contributed by atoms with Crippen LogP contribution in [0.1, 0.15) is 10.5 Å². The van der Waals surface area contributed by atoms with E-state index in [9.17, 15) is 4.79 Å². The zero-order valence-corrected chi connectivity index (χ0v) is 16.8. The highest BCUT2D eigenvalue weighted by Gasteiger charge is 2.13. The van der Waals surface area contributed by atoms with Crippen LogP contribution in [0.2, 0.25) is 0 Å². The lowest BCUT2D eigenvalue weighted by molar-refractivity contribution is 0.102. The fraction of sp³-hybridized carbons (Fsp3) is 0. The third kappa shape index (κ3) is 3.60. The maximum atomic E-state index is 12.0. The quantitative estimate of drug-likeness (QED) is 0.453. The summed E-state index contributed by atoms with van der Waals surface area (Å²) in [6.45, 7) is 0. The molecule has 2 rings (SSSR count). The van der Waals surface area contributed by atoms with Crippen molar-refractivity contribution in [2.45, 2.75) is 0 Å². The first-order chi connectivity index (χ1) is 8.47. The van der Waals surface area contributed by atoms with Gasteiger partial charge in [0, 0.05) is 21.4 Å². The molecule has 2 N–H and O–H groups in total. The second-order valence-corrected chi connectivity index (χ2v) is 7.92. The monoisotopic (exact) mass is 642 g/mol. The summed E-state index contributed by atoms with van der Waals surface area (Å²) in [4.78, 5) is 15.0. The molecule has 0 saturated carbocycles. The van der Waals surface area contributed by atoms with E-state index in [2.05, 4.69) is 94.0 Å². The Morgan fingerprint density at radius 3 is 2.28 bits per heavy atom. The van der Waals surface area contributed by atoms with E-state index in [-0.39, 0.29) is 5.91 Å². The van der Waals surface area contributed by atoms with Crippen molar-refractivity contribution in [1.82, 2.24) is 4.98 Å². The molecular weight excluding hydrogens is 637 g/mol. The molecule has 0 unspecified atom stereocenters. The average molecular weight is 643 g/mol. The molecule has 7 heteroatoms. The number of aromatic nitrogens is 1. The topological polar surface area (TPSA) is 44.9 Å². The lowest BCUT2D eigenvalue weighted by Crippen LogP contribution is -2.14. The van der Waals surface area contributed by atoms with E-state index in [0.29, 0.717) is 5.69 Å². The summed E-state index contributed by atoms with van der Waals surface area (Å²) in [6, 6.07) is 5.81. The van der Waals surface area contributed by atoms with Crippen LogP contribution in [0.4, 0.5) is 5.69 Å². The van der Waals surface area contributed by atoms with Crippen LogP contribution >= 0.6 is 83.7 Å². The van der Waals surface area contributed by atoms with Crippen molar-refractivity contribution in [2.75, 3.05) is 5.32 Å². The molecule has 1 aromatic heterocycles. The highest BCUT2D eigenvalue weighted by molar-refractivity contribution is 14.1. The van der Waals surface area contributed by atoms with Crippen LogP contribution in [-0.2, 0) is 0 Å². The standard InChI is InChI=1S/C11H6BrI3N2O/c12-5-1-9(16-4-5)11(18)17-10-7(14)2-6(13)3-8(10)15/h1-4,16H,(H,17,18). The predicted molar refractivity (Wildman–Crippen MR) is 101 cm³/mol. The van der Waals surface area contributed by atoms with Crippen LogP contribution in [-0.4, -0.2) is 10.9 Å². The van der Waals surface area contributed by atoms with Gasteiger partial charge in [-0.1, -0.05) is 0 Å². The Hall–Kier alpha value is 0.640. The van der Waals surface area contributed by atoms with Gasteiger partial charge in [0.1, 0.15) is 5.69 Å². The Bertz CT molecular complexity index is 589. The van der Waals surface area contributed by atoms with E-state index in [1.54, 1.807) is 12.3 Å². The number of nitrogens with one attached hydrogen (secondary N) is 2. The molecule has 1 heterocycles. The Kier molecular flexibility index (Phi) is 5.34. The van der Waals surface area contributed by atoms with E-state index in [1.807, 2.05) is 12.1 Å². The number of carbonyl (C=O) groups is 1. The van der Waals surface area contributed by atoms with Gasteiger partial charge in [-0.05, 0) is 102 Å². The minimum absolute atomic E-state index is 0.141. The Morgan fingerprint density at radius 2 is 1.78 bits per heavy atom. The highest BCUT2D eigenvalue weighted by atomic mass is 127. The summed E-state index contributed by atoms with van der Waals surface area (Å²) in [5.74, 6) is -0.141. The number of amides is 1. The first-order valence-electron chi connectivity index (χ1n) is 4.77. The summed E-state index contributed by atoms with van der Waals surface area (Å²) in [5, 5.41) is 2.93. The normalized spacial score (nSPS) is 10.4. The van der Waals surface area contributed by atoms with Gasteiger partial charge in [0.05, 0.1) is 5.69 Å². The number of hydrogen-bond acceptors (Lipinski definition) is 1. The predicted octanol–water partition coefficient (Wildman–Crippen LogP) is 4.84. The van der Waals surface area contributed by atoms with Gasteiger partial charge in [-0.15, -0.1) is 0 Å². The van der Waals surface area contributed by atoms with Gasteiger partial charge >= 0.3 is 0 Å². The summed E-state index contributed by atoms with van der Waals surface area (Å²) in [6.07, 6.45) is 1.73. The third-order valence-electron chi connectivity index (χ3n) is 2.14. The van der Waals surface area contributed by atoms with Gasteiger partial charge < -0.3 is 10.3 Å². The van der Waals surface area contributed by atoms with Crippen LogP contribution in [0.25, 0.3) is 0 Å². The van der Waals surface area contributed by atoms with Gasteiger partial charge in [0.2, 0.25) is 0 Å².